The van der Waals surface area contributed by atoms with E-state index in [1.807, 2.05) is 6.92 Å². The van der Waals surface area contributed by atoms with Gasteiger partial charge in [-0.2, -0.15) is 4.31 Å². The lowest BCUT2D eigenvalue weighted by Crippen LogP contribution is -2.43. The van der Waals surface area contributed by atoms with Crippen LogP contribution in [-0.2, 0) is 20.6 Å². The number of ether oxygens (including phenoxy) is 1. The van der Waals surface area contributed by atoms with Crippen molar-refractivity contribution in [1.29, 1.82) is 0 Å². The van der Waals surface area contributed by atoms with Gasteiger partial charge in [-0.15, -0.1) is 22.9 Å². The van der Waals surface area contributed by atoms with Crippen molar-refractivity contribution in [3.8, 4) is 0 Å². The Morgan fingerprint density at radius 2 is 2.33 bits per heavy atom. The average Bonchev–Trinajstić information content (AvgIpc) is 2.87. The van der Waals surface area contributed by atoms with Crippen LogP contribution in [0.3, 0.4) is 0 Å². The van der Waals surface area contributed by atoms with Gasteiger partial charge >= 0.3 is 0 Å². The third kappa shape index (κ3) is 4.20. The maximum absolute atomic E-state index is 12.8. The zero-order chi connectivity index (χ0) is 15.5. The molecule has 1 aliphatic rings. The van der Waals surface area contributed by atoms with E-state index in [4.69, 9.17) is 16.3 Å². The predicted molar refractivity (Wildman–Crippen MR) is 89.6 cm³/mol. The van der Waals surface area contributed by atoms with Crippen molar-refractivity contribution < 1.29 is 13.2 Å². The second-order valence-electron chi connectivity index (χ2n) is 4.98. The zero-order valence-corrected chi connectivity index (χ0v) is 15.8. The smallest absolute Gasteiger partial charge is 0.245 e. The van der Waals surface area contributed by atoms with E-state index in [-0.39, 0.29) is 6.10 Å². The molecule has 0 radical (unpaired) electrons. The first kappa shape index (κ1) is 17.7. The van der Waals surface area contributed by atoms with Crippen LogP contribution in [0.15, 0.2) is 14.7 Å². The van der Waals surface area contributed by atoms with Gasteiger partial charge in [0.25, 0.3) is 0 Å². The van der Waals surface area contributed by atoms with E-state index in [9.17, 15) is 8.42 Å². The molecule has 0 spiro atoms. The quantitative estimate of drug-likeness (QED) is 0.662. The van der Waals surface area contributed by atoms with Crippen LogP contribution in [0.5, 0.6) is 0 Å². The van der Waals surface area contributed by atoms with E-state index in [0.29, 0.717) is 34.3 Å². The molecule has 1 unspecified atom stereocenters. The summed E-state index contributed by atoms with van der Waals surface area (Å²) in [5.41, 5.74) is 0. The fraction of sp³-hybridized carbons (Fsp3) is 0.692. The predicted octanol–water partition coefficient (Wildman–Crippen LogP) is 3.83. The molecule has 0 saturated carbocycles. The molecular weight excluding hydrogens is 398 g/mol. The summed E-state index contributed by atoms with van der Waals surface area (Å²) in [4.78, 5) is 1.16. The van der Waals surface area contributed by atoms with Crippen molar-refractivity contribution in [2.24, 2.45) is 0 Å². The lowest BCUT2D eigenvalue weighted by Gasteiger charge is -2.31. The van der Waals surface area contributed by atoms with Crippen LogP contribution in [0.2, 0.25) is 0 Å². The monoisotopic (exact) mass is 415 g/mol. The van der Waals surface area contributed by atoms with E-state index in [0.717, 1.165) is 24.1 Å². The van der Waals surface area contributed by atoms with Gasteiger partial charge in [0.05, 0.1) is 15.8 Å². The minimum absolute atomic E-state index is 0.00150. The lowest BCUT2D eigenvalue weighted by atomic mass is 10.1. The van der Waals surface area contributed by atoms with Gasteiger partial charge in [-0.1, -0.05) is 6.92 Å². The Morgan fingerprint density at radius 3 is 2.95 bits per heavy atom. The van der Waals surface area contributed by atoms with E-state index in [1.54, 1.807) is 6.07 Å². The van der Waals surface area contributed by atoms with Crippen molar-refractivity contribution in [3.05, 3.63) is 14.7 Å². The topological polar surface area (TPSA) is 46.6 Å². The van der Waals surface area contributed by atoms with Crippen molar-refractivity contribution in [2.45, 2.75) is 43.1 Å². The van der Waals surface area contributed by atoms with Gasteiger partial charge in [0, 0.05) is 24.6 Å². The highest BCUT2D eigenvalue weighted by Crippen LogP contribution is 2.35. The molecule has 1 saturated heterocycles. The molecule has 8 heteroatoms. The normalized spacial score (nSPS) is 20.8. The van der Waals surface area contributed by atoms with Crippen LogP contribution in [0.25, 0.3) is 0 Å². The second-order valence-corrected chi connectivity index (χ2v) is 9.61. The number of hydrogen-bond donors (Lipinski definition) is 0. The summed E-state index contributed by atoms with van der Waals surface area (Å²) in [6.07, 6.45) is 2.69. The van der Waals surface area contributed by atoms with Crippen LogP contribution in [-0.4, -0.2) is 38.5 Å². The molecule has 21 heavy (non-hydrogen) atoms. The molecule has 0 amide bonds. The zero-order valence-electron chi connectivity index (χ0n) is 11.8. The summed E-state index contributed by atoms with van der Waals surface area (Å²) in [5.74, 6) is 0.320. The fourth-order valence-electron chi connectivity index (χ4n) is 2.32. The average molecular weight is 417 g/mol. The third-order valence-electron chi connectivity index (χ3n) is 3.35. The van der Waals surface area contributed by atoms with Gasteiger partial charge in [0.2, 0.25) is 10.0 Å². The number of halogens is 2. The molecule has 1 atom stereocenters. The maximum atomic E-state index is 12.8. The summed E-state index contributed by atoms with van der Waals surface area (Å²) in [6, 6.07) is 1.66. The van der Waals surface area contributed by atoms with Crippen LogP contribution < -0.4 is 0 Å². The third-order valence-corrected chi connectivity index (χ3v) is 7.92. The molecule has 0 aromatic carbocycles. The first-order valence-electron chi connectivity index (χ1n) is 6.95. The Morgan fingerprint density at radius 1 is 1.57 bits per heavy atom. The van der Waals surface area contributed by atoms with Gasteiger partial charge in [0.15, 0.2) is 0 Å². The Bertz CT molecular complexity index is 576. The highest BCUT2D eigenvalue weighted by Gasteiger charge is 2.32. The summed E-state index contributed by atoms with van der Waals surface area (Å²) in [6.45, 7) is 3.71. The SMILES string of the molecule is CCCOC1CCCN(S(=O)(=O)c2cc(CCl)sc2Br)C1. The van der Waals surface area contributed by atoms with Gasteiger partial charge in [-0.3, -0.25) is 0 Å². The number of nitrogens with zero attached hydrogens (tertiary/aromatic N) is 1. The maximum Gasteiger partial charge on any atom is 0.245 e. The molecule has 1 aromatic rings. The molecule has 1 aromatic heterocycles. The summed E-state index contributed by atoms with van der Waals surface area (Å²) in [5, 5.41) is 0. The summed E-state index contributed by atoms with van der Waals surface area (Å²) >= 11 is 10.5. The number of piperidine rings is 1. The molecule has 4 nitrogen and oxygen atoms in total. The Balaban J connectivity index is 2.16. The molecule has 2 heterocycles. The van der Waals surface area contributed by atoms with E-state index < -0.39 is 10.0 Å². The minimum Gasteiger partial charge on any atom is -0.377 e. The largest absolute Gasteiger partial charge is 0.377 e. The van der Waals surface area contributed by atoms with Gasteiger partial charge in [-0.25, -0.2) is 8.42 Å². The van der Waals surface area contributed by atoms with Crippen LogP contribution >= 0.6 is 38.9 Å². The number of rotatable bonds is 6. The Kier molecular flexibility index (Phi) is 6.52. The van der Waals surface area contributed by atoms with E-state index in [1.165, 1.54) is 15.6 Å². The Hall–Kier alpha value is 0.340. The van der Waals surface area contributed by atoms with Crippen molar-refractivity contribution in [3.63, 3.8) is 0 Å². The summed E-state index contributed by atoms with van der Waals surface area (Å²) < 4.78 is 33.4. The number of thiophene rings is 1. The van der Waals surface area contributed by atoms with Crippen molar-refractivity contribution >= 4 is 48.9 Å². The van der Waals surface area contributed by atoms with Gasteiger partial charge < -0.3 is 4.74 Å². The van der Waals surface area contributed by atoms with E-state index in [2.05, 4.69) is 15.9 Å². The molecule has 0 aliphatic carbocycles. The van der Waals surface area contributed by atoms with Crippen molar-refractivity contribution in [1.82, 2.24) is 4.31 Å². The summed E-state index contributed by atoms with van der Waals surface area (Å²) in [7, 11) is -3.48. The second kappa shape index (κ2) is 7.75. The highest BCUT2D eigenvalue weighted by atomic mass is 79.9. The Labute approximate surface area is 143 Å². The van der Waals surface area contributed by atoms with Crippen molar-refractivity contribution in [2.75, 3.05) is 19.7 Å². The molecular formula is C13H19BrClNO3S2. The number of sulfonamides is 1. The molecule has 1 fully saturated rings. The minimum atomic E-state index is -3.48. The molecule has 0 bridgehead atoms. The van der Waals surface area contributed by atoms with E-state index >= 15 is 0 Å². The van der Waals surface area contributed by atoms with Gasteiger partial charge in [0.1, 0.15) is 4.90 Å². The molecule has 2 rings (SSSR count). The number of alkyl halides is 1. The molecule has 0 N–H and O–H groups in total. The van der Waals surface area contributed by atoms with Crippen LogP contribution in [0.4, 0.5) is 0 Å². The first-order valence-corrected chi connectivity index (χ1v) is 10.5. The van der Waals surface area contributed by atoms with Crippen LogP contribution in [0.1, 0.15) is 31.1 Å². The first-order chi connectivity index (χ1) is 9.98. The molecule has 1 aliphatic heterocycles. The van der Waals surface area contributed by atoms with Gasteiger partial charge in [-0.05, 0) is 41.3 Å². The fourth-order valence-corrected chi connectivity index (χ4v) is 6.56. The molecule has 120 valence electrons. The standard InChI is InChI=1S/C13H19BrClNO3S2/c1-2-6-19-10-4-3-5-16(9-10)21(17,18)12-7-11(8-15)20-13(12)14/h7,10H,2-6,8-9H2,1H3. The number of hydrogen-bond acceptors (Lipinski definition) is 4. The lowest BCUT2D eigenvalue weighted by molar-refractivity contribution is 0.0193. The van der Waals surface area contributed by atoms with Crippen LogP contribution in [0, 0.1) is 0 Å². The highest BCUT2D eigenvalue weighted by molar-refractivity contribution is 9.11.